The van der Waals surface area contributed by atoms with Crippen LogP contribution in [0.15, 0.2) is 6.20 Å². The summed E-state index contributed by atoms with van der Waals surface area (Å²) >= 11 is 0. The predicted molar refractivity (Wildman–Crippen MR) is 64.8 cm³/mol. The second kappa shape index (κ2) is 5.79. The van der Waals surface area contributed by atoms with Gasteiger partial charge in [0.25, 0.3) is 0 Å². The van der Waals surface area contributed by atoms with Crippen molar-refractivity contribution in [2.24, 2.45) is 0 Å². The Balaban J connectivity index is 1.86. The van der Waals surface area contributed by atoms with Gasteiger partial charge in [0.1, 0.15) is 12.2 Å². The van der Waals surface area contributed by atoms with E-state index in [1.807, 2.05) is 0 Å². The van der Waals surface area contributed by atoms with Crippen molar-refractivity contribution in [1.29, 1.82) is 0 Å². The number of carbonyl (C=O) groups excluding carboxylic acids is 2. The maximum Gasteiger partial charge on any atom is 0.244 e. The molecule has 8 heteroatoms. The summed E-state index contributed by atoms with van der Waals surface area (Å²) in [7, 11) is 0. The molecule has 0 radical (unpaired) electrons. The van der Waals surface area contributed by atoms with Gasteiger partial charge >= 0.3 is 0 Å². The molecule has 8 nitrogen and oxygen atoms in total. The van der Waals surface area contributed by atoms with E-state index in [9.17, 15) is 9.59 Å². The summed E-state index contributed by atoms with van der Waals surface area (Å²) in [4.78, 5) is 26.6. The fourth-order valence-corrected chi connectivity index (χ4v) is 2.00. The lowest BCUT2D eigenvalue weighted by atomic mass is 10.3. The third-order valence-electron chi connectivity index (χ3n) is 3.12. The van der Waals surface area contributed by atoms with Gasteiger partial charge in [0.2, 0.25) is 11.8 Å². The van der Waals surface area contributed by atoms with E-state index in [2.05, 4.69) is 10.3 Å². The Bertz CT molecular complexity index is 465. The number of piperazine rings is 1. The summed E-state index contributed by atoms with van der Waals surface area (Å²) < 4.78 is 1.41. The average Bonchev–Trinajstić information content (AvgIpc) is 2.86. The molecule has 1 aliphatic heterocycles. The predicted octanol–water partition coefficient (Wildman–Crippen LogP) is -1.54. The van der Waals surface area contributed by atoms with E-state index in [0.717, 1.165) is 0 Å². The Morgan fingerprint density at radius 1 is 1.26 bits per heavy atom. The highest BCUT2D eigenvalue weighted by Gasteiger charge is 2.22. The number of aliphatic hydroxyl groups excluding tert-OH is 1. The highest BCUT2D eigenvalue weighted by molar-refractivity contribution is 5.77. The molecule has 1 aliphatic rings. The van der Waals surface area contributed by atoms with Crippen LogP contribution in [-0.2, 0) is 22.7 Å². The van der Waals surface area contributed by atoms with E-state index in [-0.39, 0.29) is 25.0 Å². The molecule has 1 aromatic heterocycles. The molecule has 2 heterocycles. The van der Waals surface area contributed by atoms with Crippen molar-refractivity contribution in [2.75, 3.05) is 26.2 Å². The third-order valence-corrected chi connectivity index (χ3v) is 3.12. The van der Waals surface area contributed by atoms with Gasteiger partial charge in [-0.15, -0.1) is 5.10 Å². The Labute approximate surface area is 110 Å². The Kier molecular flexibility index (Phi) is 4.10. The second-order valence-corrected chi connectivity index (χ2v) is 4.45. The molecule has 2 rings (SSSR count). The van der Waals surface area contributed by atoms with Gasteiger partial charge in [0, 0.05) is 33.1 Å². The second-order valence-electron chi connectivity index (χ2n) is 4.45. The smallest absolute Gasteiger partial charge is 0.244 e. The van der Waals surface area contributed by atoms with Gasteiger partial charge in [-0.1, -0.05) is 5.21 Å². The zero-order valence-corrected chi connectivity index (χ0v) is 10.8. The first-order valence-electron chi connectivity index (χ1n) is 6.13. The lowest BCUT2D eigenvalue weighted by Gasteiger charge is -2.34. The van der Waals surface area contributed by atoms with Crippen molar-refractivity contribution in [2.45, 2.75) is 20.1 Å². The van der Waals surface area contributed by atoms with Crippen molar-refractivity contribution in [3.05, 3.63) is 11.9 Å². The van der Waals surface area contributed by atoms with E-state index >= 15 is 0 Å². The van der Waals surface area contributed by atoms with Crippen molar-refractivity contribution in [3.8, 4) is 0 Å². The summed E-state index contributed by atoms with van der Waals surface area (Å²) in [6.07, 6.45) is 1.55. The SMILES string of the molecule is CC(=O)N1CCN(C(=O)Cn2cc(CO)nn2)CC1. The minimum atomic E-state index is -0.189. The normalized spacial score (nSPS) is 15.7. The summed E-state index contributed by atoms with van der Waals surface area (Å²) in [5, 5.41) is 16.3. The topological polar surface area (TPSA) is 91.6 Å². The maximum absolute atomic E-state index is 12.0. The van der Waals surface area contributed by atoms with Gasteiger partial charge < -0.3 is 14.9 Å². The number of rotatable bonds is 3. The average molecular weight is 267 g/mol. The van der Waals surface area contributed by atoms with Gasteiger partial charge in [0.05, 0.1) is 12.8 Å². The first kappa shape index (κ1) is 13.5. The van der Waals surface area contributed by atoms with E-state index in [4.69, 9.17) is 5.11 Å². The molecule has 1 aromatic rings. The van der Waals surface area contributed by atoms with Crippen LogP contribution in [0, 0.1) is 0 Å². The van der Waals surface area contributed by atoms with Crippen molar-refractivity contribution in [3.63, 3.8) is 0 Å². The molecule has 104 valence electrons. The molecule has 0 saturated carbocycles. The molecule has 0 aliphatic carbocycles. The fourth-order valence-electron chi connectivity index (χ4n) is 2.00. The van der Waals surface area contributed by atoms with E-state index in [1.165, 1.54) is 11.6 Å². The number of aromatic nitrogens is 3. The van der Waals surface area contributed by atoms with Crippen LogP contribution in [0.25, 0.3) is 0 Å². The summed E-state index contributed by atoms with van der Waals surface area (Å²) in [5.41, 5.74) is 0.439. The summed E-state index contributed by atoms with van der Waals surface area (Å²) in [5.74, 6) is -0.0199. The van der Waals surface area contributed by atoms with Crippen LogP contribution in [0.4, 0.5) is 0 Å². The monoisotopic (exact) mass is 267 g/mol. The first-order valence-corrected chi connectivity index (χ1v) is 6.13. The third kappa shape index (κ3) is 3.28. The molecule has 0 spiro atoms. The molecular weight excluding hydrogens is 250 g/mol. The van der Waals surface area contributed by atoms with Crippen LogP contribution in [0.3, 0.4) is 0 Å². The minimum Gasteiger partial charge on any atom is -0.390 e. The number of nitrogens with zero attached hydrogens (tertiary/aromatic N) is 5. The summed E-state index contributed by atoms with van der Waals surface area (Å²) in [6.45, 7) is 3.67. The van der Waals surface area contributed by atoms with Gasteiger partial charge in [-0.25, -0.2) is 4.68 Å². The van der Waals surface area contributed by atoms with Gasteiger partial charge in [-0.2, -0.15) is 0 Å². The van der Waals surface area contributed by atoms with Crippen LogP contribution in [0.5, 0.6) is 0 Å². The molecular formula is C11H17N5O3. The van der Waals surface area contributed by atoms with Crippen molar-refractivity contribution in [1.82, 2.24) is 24.8 Å². The number of carbonyl (C=O) groups is 2. The van der Waals surface area contributed by atoms with E-state index < -0.39 is 0 Å². The molecule has 0 aromatic carbocycles. The molecule has 19 heavy (non-hydrogen) atoms. The van der Waals surface area contributed by atoms with E-state index in [0.29, 0.717) is 31.9 Å². The molecule has 1 N–H and O–H groups in total. The summed E-state index contributed by atoms with van der Waals surface area (Å²) in [6, 6.07) is 0. The van der Waals surface area contributed by atoms with Gasteiger partial charge in [-0.05, 0) is 0 Å². The minimum absolute atomic E-state index is 0.0379. The molecule has 1 saturated heterocycles. The standard InChI is InChI=1S/C11H17N5O3/c1-9(18)14-2-4-15(5-3-14)11(19)7-16-6-10(8-17)12-13-16/h6,17H,2-5,7-8H2,1H3. The zero-order chi connectivity index (χ0) is 13.8. The van der Waals surface area contributed by atoms with E-state index in [1.54, 1.807) is 16.0 Å². The Morgan fingerprint density at radius 3 is 2.42 bits per heavy atom. The largest absolute Gasteiger partial charge is 0.390 e. The number of aliphatic hydroxyl groups is 1. The fraction of sp³-hybridized carbons (Fsp3) is 0.636. The van der Waals surface area contributed by atoms with Gasteiger partial charge in [0.15, 0.2) is 0 Å². The van der Waals surface area contributed by atoms with Gasteiger partial charge in [-0.3, -0.25) is 9.59 Å². The lowest BCUT2D eigenvalue weighted by Crippen LogP contribution is -2.50. The molecule has 0 unspecified atom stereocenters. The van der Waals surface area contributed by atoms with Crippen molar-refractivity contribution >= 4 is 11.8 Å². The number of hydrogen-bond donors (Lipinski definition) is 1. The molecule has 0 bridgehead atoms. The highest BCUT2D eigenvalue weighted by Crippen LogP contribution is 2.03. The maximum atomic E-state index is 12.0. The quantitative estimate of drug-likeness (QED) is 0.716. The van der Waals surface area contributed by atoms with Crippen LogP contribution in [0.1, 0.15) is 12.6 Å². The van der Waals surface area contributed by atoms with Crippen LogP contribution >= 0.6 is 0 Å². The Hall–Kier alpha value is -1.96. The Morgan fingerprint density at radius 2 is 1.89 bits per heavy atom. The molecule has 0 atom stereocenters. The number of amides is 2. The molecule has 1 fully saturated rings. The zero-order valence-electron chi connectivity index (χ0n) is 10.8. The van der Waals surface area contributed by atoms with Crippen LogP contribution < -0.4 is 0 Å². The van der Waals surface area contributed by atoms with Crippen molar-refractivity contribution < 1.29 is 14.7 Å². The number of hydrogen-bond acceptors (Lipinski definition) is 5. The first-order chi connectivity index (χ1) is 9.10. The molecule has 2 amide bonds. The lowest BCUT2D eigenvalue weighted by molar-refractivity contribution is -0.138. The highest BCUT2D eigenvalue weighted by atomic mass is 16.3. The van der Waals surface area contributed by atoms with Crippen LogP contribution in [-0.4, -0.2) is 67.9 Å². The van der Waals surface area contributed by atoms with Crippen LogP contribution in [0.2, 0.25) is 0 Å².